The third-order valence-corrected chi connectivity index (χ3v) is 3.62. The van der Waals surface area contributed by atoms with Gasteiger partial charge in [0.05, 0.1) is 6.20 Å². The van der Waals surface area contributed by atoms with Crippen LogP contribution in [0.3, 0.4) is 0 Å². The van der Waals surface area contributed by atoms with E-state index >= 15 is 0 Å². The highest BCUT2D eigenvalue weighted by molar-refractivity contribution is 5.16. The molecule has 0 saturated carbocycles. The number of hydrogen-bond donors (Lipinski definition) is 1. The Morgan fingerprint density at radius 1 is 1.30 bits per heavy atom. The molecule has 0 fully saturated rings. The Morgan fingerprint density at radius 3 is 2.80 bits per heavy atom. The quantitative estimate of drug-likeness (QED) is 0.803. The minimum Gasteiger partial charge on any atom is -0.354 e. The van der Waals surface area contributed by atoms with Gasteiger partial charge in [-0.25, -0.2) is 0 Å². The molecular weight excluding hydrogens is 248 g/mol. The first-order chi connectivity index (χ1) is 9.72. The number of rotatable bonds is 8. The molecule has 4 heteroatoms. The smallest absolute Gasteiger partial charge is 0.0522 e. The topological polar surface area (TPSA) is 34.8 Å². The molecule has 0 aliphatic heterocycles. The first-order valence-electron chi connectivity index (χ1n) is 7.59. The maximum absolute atomic E-state index is 4.21. The minimum atomic E-state index is 0.490. The Hall–Kier alpha value is -1.55. The van der Waals surface area contributed by atoms with E-state index in [1.165, 1.54) is 24.0 Å². The second kappa shape index (κ2) is 7.29. The number of aromatic nitrogens is 3. The summed E-state index contributed by atoms with van der Waals surface area (Å²) in [6.07, 6.45) is 11.9. The second-order valence-electron chi connectivity index (χ2n) is 5.35. The monoisotopic (exact) mass is 274 g/mol. The van der Waals surface area contributed by atoms with Gasteiger partial charge < -0.3 is 9.88 Å². The van der Waals surface area contributed by atoms with Gasteiger partial charge in [-0.1, -0.05) is 20.3 Å². The van der Waals surface area contributed by atoms with Crippen LogP contribution >= 0.6 is 0 Å². The molecule has 2 aromatic heterocycles. The van der Waals surface area contributed by atoms with E-state index in [0.29, 0.717) is 6.04 Å². The van der Waals surface area contributed by atoms with Crippen LogP contribution in [0.2, 0.25) is 0 Å². The van der Waals surface area contributed by atoms with Gasteiger partial charge in [-0.3, -0.25) is 4.68 Å². The SMILES string of the molecule is CCCC(NCC)c1ccn(CCc2cnn(C)c2)c1. The minimum absolute atomic E-state index is 0.490. The van der Waals surface area contributed by atoms with Crippen molar-refractivity contribution in [2.75, 3.05) is 6.54 Å². The summed E-state index contributed by atoms with van der Waals surface area (Å²) in [6, 6.07) is 2.73. The van der Waals surface area contributed by atoms with Crippen molar-refractivity contribution in [3.8, 4) is 0 Å². The van der Waals surface area contributed by atoms with Gasteiger partial charge in [0.1, 0.15) is 0 Å². The highest BCUT2D eigenvalue weighted by atomic mass is 15.2. The van der Waals surface area contributed by atoms with Crippen LogP contribution in [-0.4, -0.2) is 20.9 Å². The zero-order valence-corrected chi connectivity index (χ0v) is 12.8. The Morgan fingerprint density at radius 2 is 2.15 bits per heavy atom. The van der Waals surface area contributed by atoms with Crippen molar-refractivity contribution in [3.05, 3.63) is 42.0 Å². The normalized spacial score (nSPS) is 12.8. The molecule has 0 aromatic carbocycles. The zero-order chi connectivity index (χ0) is 14.4. The van der Waals surface area contributed by atoms with Crippen molar-refractivity contribution in [1.82, 2.24) is 19.7 Å². The molecule has 2 heterocycles. The maximum atomic E-state index is 4.21. The summed E-state index contributed by atoms with van der Waals surface area (Å²) < 4.78 is 4.14. The van der Waals surface area contributed by atoms with Crippen molar-refractivity contribution in [3.63, 3.8) is 0 Å². The first kappa shape index (κ1) is 14.9. The lowest BCUT2D eigenvalue weighted by molar-refractivity contribution is 0.508. The number of hydrogen-bond acceptors (Lipinski definition) is 2. The second-order valence-corrected chi connectivity index (χ2v) is 5.35. The van der Waals surface area contributed by atoms with Gasteiger partial charge in [-0.15, -0.1) is 0 Å². The first-order valence-corrected chi connectivity index (χ1v) is 7.59. The van der Waals surface area contributed by atoms with Gasteiger partial charge >= 0.3 is 0 Å². The van der Waals surface area contributed by atoms with Gasteiger partial charge in [-0.2, -0.15) is 5.10 Å². The molecule has 0 aliphatic rings. The highest BCUT2D eigenvalue weighted by Crippen LogP contribution is 2.19. The van der Waals surface area contributed by atoms with Crippen LogP contribution in [0.5, 0.6) is 0 Å². The Balaban J connectivity index is 1.93. The molecule has 0 aliphatic carbocycles. The molecule has 4 nitrogen and oxygen atoms in total. The molecule has 2 aromatic rings. The lowest BCUT2D eigenvalue weighted by atomic mass is 10.1. The Bertz CT molecular complexity index is 506. The van der Waals surface area contributed by atoms with Gasteiger partial charge in [0.2, 0.25) is 0 Å². The third kappa shape index (κ3) is 3.97. The summed E-state index contributed by atoms with van der Waals surface area (Å²) in [5, 5.41) is 7.77. The van der Waals surface area contributed by atoms with E-state index in [4.69, 9.17) is 0 Å². The summed E-state index contributed by atoms with van der Waals surface area (Å²) >= 11 is 0. The fraction of sp³-hybridized carbons (Fsp3) is 0.562. The van der Waals surface area contributed by atoms with Crippen LogP contribution < -0.4 is 5.32 Å². The standard InChI is InChI=1S/C16H26N4/c1-4-6-16(17-5-2)15-8-10-20(13-15)9-7-14-11-18-19(3)12-14/h8,10-13,16-17H,4-7,9H2,1-3H3. The van der Waals surface area contributed by atoms with Crippen molar-refractivity contribution in [2.45, 2.75) is 45.7 Å². The molecule has 0 bridgehead atoms. The predicted molar refractivity (Wildman–Crippen MR) is 82.7 cm³/mol. The van der Waals surface area contributed by atoms with Gasteiger partial charge in [0.15, 0.2) is 0 Å². The van der Waals surface area contributed by atoms with Crippen LogP contribution in [-0.2, 0) is 20.0 Å². The van der Waals surface area contributed by atoms with Crippen molar-refractivity contribution < 1.29 is 0 Å². The van der Waals surface area contributed by atoms with Crippen LogP contribution in [0.4, 0.5) is 0 Å². The molecule has 0 radical (unpaired) electrons. The molecule has 0 amide bonds. The Kier molecular flexibility index (Phi) is 5.41. The van der Waals surface area contributed by atoms with E-state index in [0.717, 1.165) is 19.5 Å². The molecule has 1 unspecified atom stereocenters. The van der Waals surface area contributed by atoms with Crippen molar-refractivity contribution in [1.29, 1.82) is 0 Å². The van der Waals surface area contributed by atoms with Crippen LogP contribution in [0.15, 0.2) is 30.9 Å². The number of nitrogens with one attached hydrogen (secondary N) is 1. The summed E-state index contributed by atoms with van der Waals surface area (Å²) in [5.41, 5.74) is 2.69. The fourth-order valence-electron chi connectivity index (χ4n) is 2.59. The summed E-state index contributed by atoms with van der Waals surface area (Å²) in [7, 11) is 1.96. The van der Waals surface area contributed by atoms with Crippen LogP contribution in [0, 0.1) is 0 Å². The molecule has 1 atom stereocenters. The van der Waals surface area contributed by atoms with Gasteiger partial charge in [0.25, 0.3) is 0 Å². The molecule has 110 valence electrons. The summed E-state index contributed by atoms with van der Waals surface area (Å²) in [4.78, 5) is 0. The summed E-state index contributed by atoms with van der Waals surface area (Å²) in [6.45, 7) is 6.44. The van der Waals surface area contributed by atoms with Crippen molar-refractivity contribution >= 4 is 0 Å². The van der Waals surface area contributed by atoms with E-state index in [1.807, 2.05) is 17.9 Å². The molecule has 20 heavy (non-hydrogen) atoms. The number of aryl methyl sites for hydroxylation is 3. The molecule has 2 rings (SSSR count). The van der Waals surface area contributed by atoms with Gasteiger partial charge in [0, 0.05) is 38.2 Å². The molecule has 1 N–H and O–H groups in total. The molecule has 0 spiro atoms. The third-order valence-electron chi connectivity index (χ3n) is 3.62. The predicted octanol–water partition coefficient (Wildman–Crippen LogP) is 2.92. The van der Waals surface area contributed by atoms with Crippen LogP contribution in [0.25, 0.3) is 0 Å². The van der Waals surface area contributed by atoms with E-state index < -0.39 is 0 Å². The zero-order valence-electron chi connectivity index (χ0n) is 12.8. The fourth-order valence-corrected chi connectivity index (χ4v) is 2.59. The van der Waals surface area contributed by atoms with Gasteiger partial charge in [-0.05, 0) is 36.6 Å². The average molecular weight is 274 g/mol. The molecular formula is C16H26N4. The van der Waals surface area contributed by atoms with E-state index in [1.54, 1.807) is 0 Å². The number of nitrogens with zero attached hydrogens (tertiary/aromatic N) is 3. The lowest BCUT2D eigenvalue weighted by Gasteiger charge is -2.15. The van der Waals surface area contributed by atoms with E-state index in [-0.39, 0.29) is 0 Å². The molecule has 0 saturated heterocycles. The Labute approximate surface area is 121 Å². The van der Waals surface area contributed by atoms with E-state index in [9.17, 15) is 0 Å². The van der Waals surface area contributed by atoms with E-state index in [2.05, 4.69) is 53.5 Å². The summed E-state index contributed by atoms with van der Waals surface area (Å²) in [5.74, 6) is 0. The highest BCUT2D eigenvalue weighted by Gasteiger charge is 2.10. The van der Waals surface area contributed by atoms with Crippen LogP contribution in [0.1, 0.15) is 43.9 Å². The lowest BCUT2D eigenvalue weighted by Crippen LogP contribution is -2.20. The maximum Gasteiger partial charge on any atom is 0.0522 e. The largest absolute Gasteiger partial charge is 0.354 e. The average Bonchev–Trinajstić information content (AvgIpc) is 3.05. The van der Waals surface area contributed by atoms with Crippen molar-refractivity contribution in [2.24, 2.45) is 7.05 Å².